The standard InChI is InChI=1S/C24H28O8.Na/c1-24-9-8-14-13-5-3-12(10-11(13)2-4-15(14)16(24)6-7-17(24)25)31-23-20(28)18(26)19(27)21(32-23)22(29)30;/h3-5,10,14,16,18-21,23,26-28H,2,6-9H2,1H3,(H,29,30);/q;+1/p-1/t14-,16+,18?,19?,20?,21?,23?,24+;/m0./s1. The number of aliphatic carboxylic acids is 1. The zero-order chi connectivity index (χ0) is 22.8. The van der Waals surface area contributed by atoms with Gasteiger partial charge in [0.15, 0.2) is 0 Å². The first-order valence-corrected chi connectivity index (χ1v) is 11.1. The quantitative estimate of drug-likeness (QED) is 0.316. The van der Waals surface area contributed by atoms with Gasteiger partial charge in [-0.15, -0.1) is 0 Å². The summed E-state index contributed by atoms with van der Waals surface area (Å²) in [6.45, 7) is 2.11. The van der Waals surface area contributed by atoms with Crippen molar-refractivity contribution in [1.82, 2.24) is 0 Å². The molecule has 1 aromatic rings. The number of hydrogen-bond donors (Lipinski definition) is 3. The van der Waals surface area contributed by atoms with Crippen LogP contribution in [0.5, 0.6) is 5.75 Å². The maximum absolute atomic E-state index is 12.5. The Morgan fingerprint density at radius 1 is 1.18 bits per heavy atom. The molecule has 0 aromatic heterocycles. The Morgan fingerprint density at radius 2 is 1.94 bits per heavy atom. The topological polar surface area (TPSA) is 136 Å². The smallest absolute Gasteiger partial charge is 0.547 e. The van der Waals surface area contributed by atoms with Crippen LogP contribution in [0.2, 0.25) is 0 Å². The summed E-state index contributed by atoms with van der Waals surface area (Å²) in [5.74, 6) is -0.382. The molecule has 1 aliphatic heterocycles. The molecule has 4 aliphatic rings. The van der Waals surface area contributed by atoms with Crippen LogP contribution < -0.4 is 39.4 Å². The molecule has 5 unspecified atom stereocenters. The van der Waals surface area contributed by atoms with Crippen molar-refractivity contribution >= 4 is 11.8 Å². The third kappa shape index (κ3) is 3.99. The van der Waals surface area contributed by atoms with Crippen LogP contribution in [0, 0.1) is 11.3 Å². The van der Waals surface area contributed by atoms with E-state index in [0.717, 1.165) is 24.8 Å². The number of allylic oxidation sites excluding steroid dienone is 2. The van der Waals surface area contributed by atoms with Gasteiger partial charge in [-0.2, -0.15) is 0 Å². The van der Waals surface area contributed by atoms with E-state index in [9.17, 15) is 30.0 Å². The van der Waals surface area contributed by atoms with Crippen LogP contribution >= 0.6 is 0 Å². The van der Waals surface area contributed by atoms with Gasteiger partial charge in [-0.3, -0.25) is 4.79 Å². The molecule has 1 saturated heterocycles. The second-order valence-corrected chi connectivity index (χ2v) is 9.63. The van der Waals surface area contributed by atoms with Crippen LogP contribution in [-0.4, -0.2) is 57.8 Å². The van der Waals surface area contributed by atoms with Gasteiger partial charge >= 0.3 is 29.6 Å². The minimum atomic E-state index is -1.82. The number of benzene rings is 1. The van der Waals surface area contributed by atoms with Gasteiger partial charge in [-0.1, -0.05) is 24.6 Å². The number of aliphatic hydroxyl groups excluding tert-OH is 3. The van der Waals surface area contributed by atoms with E-state index in [1.807, 2.05) is 12.1 Å². The van der Waals surface area contributed by atoms with Crippen LogP contribution in [0.1, 0.15) is 49.7 Å². The van der Waals surface area contributed by atoms with Crippen LogP contribution in [0.4, 0.5) is 0 Å². The molecule has 0 spiro atoms. The summed E-state index contributed by atoms with van der Waals surface area (Å²) >= 11 is 0. The Bertz CT molecular complexity index is 993. The monoisotopic (exact) mass is 466 g/mol. The number of ether oxygens (including phenoxy) is 2. The van der Waals surface area contributed by atoms with Gasteiger partial charge in [0.2, 0.25) is 6.29 Å². The number of carbonyl (C=O) groups excluding carboxylic acids is 2. The number of carbonyl (C=O) groups is 2. The average molecular weight is 466 g/mol. The third-order valence-corrected chi connectivity index (χ3v) is 7.92. The molecule has 33 heavy (non-hydrogen) atoms. The molecular weight excluding hydrogens is 439 g/mol. The molecule has 9 heteroatoms. The first-order valence-electron chi connectivity index (χ1n) is 11.1. The zero-order valence-electron chi connectivity index (χ0n) is 18.8. The van der Waals surface area contributed by atoms with Gasteiger partial charge in [0.1, 0.15) is 35.9 Å². The van der Waals surface area contributed by atoms with Gasteiger partial charge in [0, 0.05) is 17.8 Å². The van der Waals surface area contributed by atoms with E-state index >= 15 is 0 Å². The summed E-state index contributed by atoms with van der Waals surface area (Å²) < 4.78 is 10.8. The first-order chi connectivity index (χ1) is 15.2. The molecule has 172 valence electrons. The second kappa shape index (κ2) is 9.07. The Kier molecular flexibility index (Phi) is 6.83. The van der Waals surface area contributed by atoms with Crippen LogP contribution in [0.3, 0.4) is 0 Å². The summed E-state index contributed by atoms with van der Waals surface area (Å²) in [6.07, 6.45) is -2.18. The fourth-order valence-electron chi connectivity index (χ4n) is 6.07. The molecule has 1 aromatic carbocycles. The molecule has 8 nitrogen and oxygen atoms in total. The summed E-state index contributed by atoms with van der Waals surface area (Å²) in [6, 6.07) is 5.53. The van der Waals surface area contributed by atoms with E-state index in [4.69, 9.17) is 9.47 Å². The van der Waals surface area contributed by atoms with E-state index in [2.05, 4.69) is 13.0 Å². The summed E-state index contributed by atoms with van der Waals surface area (Å²) in [5.41, 5.74) is 3.39. The first kappa shape index (κ1) is 24.9. The molecule has 0 radical (unpaired) electrons. The number of hydrogen-bond acceptors (Lipinski definition) is 8. The third-order valence-electron chi connectivity index (χ3n) is 7.92. The predicted molar refractivity (Wildman–Crippen MR) is 108 cm³/mol. The zero-order valence-corrected chi connectivity index (χ0v) is 20.8. The van der Waals surface area contributed by atoms with E-state index in [-0.39, 0.29) is 40.9 Å². The van der Waals surface area contributed by atoms with Crippen molar-refractivity contribution in [2.24, 2.45) is 11.3 Å². The fourth-order valence-corrected chi connectivity index (χ4v) is 6.07. The van der Waals surface area contributed by atoms with Crippen LogP contribution in [-0.2, 0) is 20.7 Å². The molecule has 5 rings (SSSR count). The molecule has 3 N–H and O–H groups in total. The van der Waals surface area contributed by atoms with Gasteiger partial charge in [0.25, 0.3) is 0 Å². The molecule has 1 heterocycles. The molecular formula is C24H27NaO8. The molecule has 0 amide bonds. The molecule has 3 aliphatic carbocycles. The van der Waals surface area contributed by atoms with Crippen molar-refractivity contribution in [3.8, 4) is 5.75 Å². The van der Waals surface area contributed by atoms with Crippen molar-refractivity contribution in [3.63, 3.8) is 0 Å². The number of carboxylic acids is 1. The van der Waals surface area contributed by atoms with Gasteiger partial charge in [-0.05, 0) is 54.9 Å². The van der Waals surface area contributed by atoms with Crippen molar-refractivity contribution < 1.29 is 69.0 Å². The normalized spacial score (nSPS) is 39.5. The summed E-state index contributed by atoms with van der Waals surface area (Å²) in [5, 5.41) is 41.1. The molecule has 2 saturated carbocycles. The minimum absolute atomic E-state index is 0. The van der Waals surface area contributed by atoms with Crippen molar-refractivity contribution in [1.29, 1.82) is 0 Å². The maximum Gasteiger partial charge on any atom is 1.00 e. The largest absolute Gasteiger partial charge is 1.00 e. The Balaban J connectivity index is 0.00000259. The number of fused-ring (bicyclic) bond motifs is 5. The van der Waals surface area contributed by atoms with Crippen molar-refractivity contribution in [2.75, 3.05) is 0 Å². The van der Waals surface area contributed by atoms with Crippen LogP contribution in [0.25, 0.3) is 0 Å². The number of rotatable bonds is 3. The van der Waals surface area contributed by atoms with Gasteiger partial charge < -0.3 is 34.7 Å². The van der Waals surface area contributed by atoms with Crippen molar-refractivity contribution in [2.45, 2.75) is 75.7 Å². The molecule has 8 atom stereocenters. The second-order valence-electron chi connectivity index (χ2n) is 9.63. The summed E-state index contributed by atoms with van der Waals surface area (Å²) in [4.78, 5) is 23.7. The van der Waals surface area contributed by atoms with E-state index in [0.29, 0.717) is 30.3 Å². The maximum atomic E-state index is 12.5. The van der Waals surface area contributed by atoms with Crippen LogP contribution in [0.15, 0.2) is 29.8 Å². The van der Waals surface area contributed by atoms with E-state index < -0.39 is 36.7 Å². The number of Topliss-reactive ketones (excluding diaryl/α,β-unsaturated/α-hetero) is 1. The minimum Gasteiger partial charge on any atom is -0.547 e. The van der Waals surface area contributed by atoms with Crippen molar-refractivity contribution in [3.05, 3.63) is 41.0 Å². The van der Waals surface area contributed by atoms with Gasteiger partial charge in [-0.25, -0.2) is 0 Å². The predicted octanol–water partition coefficient (Wildman–Crippen LogP) is -3.03. The Morgan fingerprint density at radius 3 is 2.67 bits per heavy atom. The summed E-state index contributed by atoms with van der Waals surface area (Å²) in [7, 11) is 0. The average Bonchev–Trinajstić information content (AvgIpc) is 3.08. The fraction of sp³-hybridized carbons (Fsp3) is 0.583. The number of ketones is 1. The molecule has 3 fully saturated rings. The van der Waals surface area contributed by atoms with Gasteiger partial charge in [0.05, 0.1) is 5.97 Å². The van der Waals surface area contributed by atoms with E-state index in [1.54, 1.807) is 6.07 Å². The molecule has 0 bridgehead atoms. The van der Waals surface area contributed by atoms with E-state index in [1.165, 1.54) is 11.1 Å². The SMILES string of the molecule is C[C@@]12CC[C@@H]3C(=CCc4cc(OC5OC(C(=O)[O-])C(O)C(O)C5O)ccc43)[C@H]1CCC2=O.[Na+]. The number of aliphatic hydroxyl groups is 3. The number of carboxylic acid groups (broad SMARTS) is 1. The Hall–Kier alpha value is -1.26. The Labute approximate surface area is 213 Å².